The third-order valence-corrected chi connectivity index (χ3v) is 6.78. The van der Waals surface area contributed by atoms with E-state index in [1.54, 1.807) is 42.5 Å². The first kappa shape index (κ1) is 29.1. The van der Waals surface area contributed by atoms with Crippen molar-refractivity contribution in [3.05, 3.63) is 101 Å². The van der Waals surface area contributed by atoms with Crippen LogP contribution in [0.4, 0.5) is 15.8 Å². The molecule has 0 amide bonds. The van der Waals surface area contributed by atoms with E-state index in [4.69, 9.17) is 11.5 Å². The number of unbranched alkanes of at least 4 members (excludes halogenated alkanes) is 4. The Balaban J connectivity index is 1.85. The molecule has 0 heterocycles. The fraction of sp³-hybridized carbons (Fsp3) is 0.258. The number of aliphatic carboxylic acids is 2. The van der Waals surface area contributed by atoms with Gasteiger partial charge in [0.25, 0.3) is 0 Å². The summed E-state index contributed by atoms with van der Waals surface area (Å²) in [6.45, 7) is 0. The van der Waals surface area contributed by atoms with E-state index < -0.39 is 23.2 Å². The van der Waals surface area contributed by atoms with Crippen molar-refractivity contribution >= 4 is 35.2 Å². The van der Waals surface area contributed by atoms with Crippen LogP contribution in [0.2, 0.25) is 0 Å². The zero-order valence-electron chi connectivity index (χ0n) is 21.5. The third kappa shape index (κ3) is 7.54. The minimum Gasteiger partial charge on any atom is -0.550 e. The molecule has 1 unspecified atom stereocenters. The quantitative estimate of drug-likeness (QED) is 0.140. The molecule has 0 fully saturated rings. The van der Waals surface area contributed by atoms with Gasteiger partial charge in [0.05, 0.1) is 11.4 Å². The molecule has 0 aliphatic rings. The maximum Gasteiger partial charge on any atom is 0.185 e. The van der Waals surface area contributed by atoms with E-state index in [9.17, 15) is 29.0 Å². The van der Waals surface area contributed by atoms with E-state index in [1.807, 2.05) is 0 Å². The molecule has 0 bridgehead atoms. The van der Waals surface area contributed by atoms with Crippen LogP contribution in [0.15, 0.2) is 72.8 Å². The monoisotopic (exact) mass is 530 g/mol. The number of carbonyl (C=O) groups excluding carboxylic acids is 3. The number of allylic oxidation sites excluding steroid dienone is 1. The molecule has 4 N–H and O–H groups in total. The largest absolute Gasteiger partial charge is 0.550 e. The lowest BCUT2D eigenvalue weighted by atomic mass is 9.70. The number of nitrogens with two attached hydrogens (primary N) is 2. The van der Waals surface area contributed by atoms with Gasteiger partial charge in [0.15, 0.2) is 5.78 Å². The summed E-state index contributed by atoms with van der Waals surface area (Å²) in [6.07, 6.45) is 6.38. The number of carboxylic acids is 2. The standard InChI is InChI=1S/C31H33FN2O5/c32-24-14-10-22(11-15-24)28(35)18-9-21-7-12-23(13-8-21)31(30(38)39,26-17-16-25(33)20-27(26)34)19-5-3-1-2-4-6-29(36)37/h7-18,20H,1-6,19,33-34H2,(H,36,37)(H,38,39)/p-2/b18-9+. The third-order valence-electron chi connectivity index (χ3n) is 6.78. The first-order chi connectivity index (χ1) is 18.6. The fourth-order valence-electron chi connectivity index (χ4n) is 4.69. The topological polar surface area (TPSA) is 149 Å². The molecule has 7 nitrogen and oxygen atoms in total. The van der Waals surface area contributed by atoms with Gasteiger partial charge in [-0.2, -0.15) is 0 Å². The van der Waals surface area contributed by atoms with Crippen molar-refractivity contribution in [2.24, 2.45) is 0 Å². The van der Waals surface area contributed by atoms with Crippen molar-refractivity contribution in [2.45, 2.75) is 50.4 Å². The normalized spacial score (nSPS) is 12.7. The maximum absolute atomic E-state index is 13.1. The minimum atomic E-state index is -1.55. The maximum atomic E-state index is 13.1. The summed E-state index contributed by atoms with van der Waals surface area (Å²) in [6, 6.07) is 16.7. The highest BCUT2D eigenvalue weighted by atomic mass is 19.1. The van der Waals surface area contributed by atoms with E-state index in [1.165, 1.54) is 36.4 Å². The molecule has 3 aromatic rings. The SMILES string of the molecule is Nc1ccc(C(CCCCCCCC(=O)[O-])(C(=O)[O-])c2ccc(/C=C/C(=O)c3ccc(F)cc3)cc2)c(N)c1. The lowest BCUT2D eigenvalue weighted by Gasteiger charge is -2.37. The number of carbonyl (C=O) groups is 3. The zero-order valence-corrected chi connectivity index (χ0v) is 21.5. The molecule has 0 aliphatic carbocycles. The summed E-state index contributed by atoms with van der Waals surface area (Å²) in [5.41, 5.74) is 13.1. The second-order valence-electron chi connectivity index (χ2n) is 9.51. The second kappa shape index (κ2) is 13.4. The predicted octanol–water partition coefficient (Wildman–Crippen LogP) is 3.40. The van der Waals surface area contributed by atoms with Gasteiger partial charge < -0.3 is 31.3 Å². The van der Waals surface area contributed by atoms with Crippen LogP contribution in [0.5, 0.6) is 0 Å². The van der Waals surface area contributed by atoms with Gasteiger partial charge in [-0.1, -0.05) is 62.1 Å². The van der Waals surface area contributed by atoms with Crippen LogP contribution in [-0.2, 0) is 15.0 Å². The number of carboxylic acid groups (broad SMARTS) is 2. The fourth-order valence-corrected chi connectivity index (χ4v) is 4.69. The summed E-state index contributed by atoms with van der Waals surface area (Å²) in [5.74, 6) is -3.11. The highest BCUT2D eigenvalue weighted by molar-refractivity contribution is 6.06. The number of nitrogen functional groups attached to an aromatic ring is 2. The number of ketones is 1. The first-order valence-corrected chi connectivity index (χ1v) is 12.8. The lowest BCUT2D eigenvalue weighted by Crippen LogP contribution is -2.47. The highest BCUT2D eigenvalue weighted by Gasteiger charge is 2.37. The summed E-state index contributed by atoms with van der Waals surface area (Å²) in [5, 5.41) is 23.4. The first-order valence-electron chi connectivity index (χ1n) is 12.8. The van der Waals surface area contributed by atoms with Crippen LogP contribution in [0.3, 0.4) is 0 Å². The van der Waals surface area contributed by atoms with Crippen LogP contribution in [-0.4, -0.2) is 17.7 Å². The summed E-state index contributed by atoms with van der Waals surface area (Å²) < 4.78 is 13.1. The molecule has 3 aromatic carbocycles. The number of halogens is 1. The molecule has 0 spiro atoms. The average molecular weight is 531 g/mol. The second-order valence-corrected chi connectivity index (χ2v) is 9.51. The minimum absolute atomic E-state index is 0.00124. The van der Waals surface area contributed by atoms with Gasteiger partial charge in [-0.25, -0.2) is 4.39 Å². The van der Waals surface area contributed by atoms with Crippen molar-refractivity contribution in [2.75, 3.05) is 11.5 Å². The smallest absolute Gasteiger partial charge is 0.185 e. The van der Waals surface area contributed by atoms with Crippen molar-refractivity contribution in [1.82, 2.24) is 0 Å². The average Bonchev–Trinajstić information content (AvgIpc) is 2.90. The Labute approximate surface area is 227 Å². The molecule has 8 heteroatoms. The van der Waals surface area contributed by atoms with E-state index in [-0.39, 0.29) is 24.3 Å². The van der Waals surface area contributed by atoms with Crippen molar-refractivity contribution in [3.63, 3.8) is 0 Å². The molecule has 1 atom stereocenters. The van der Waals surface area contributed by atoms with Crippen molar-refractivity contribution < 1.29 is 29.0 Å². The summed E-state index contributed by atoms with van der Waals surface area (Å²) >= 11 is 0. The molecule has 0 aliphatic heterocycles. The Morgan fingerprint density at radius 1 is 0.821 bits per heavy atom. The number of hydrogen-bond donors (Lipinski definition) is 2. The number of benzene rings is 3. The molecule has 204 valence electrons. The molecule has 3 rings (SSSR count). The highest BCUT2D eigenvalue weighted by Crippen LogP contribution is 2.41. The molecular formula is C31H31FN2O5-2. The number of hydrogen-bond acceptors (Lipinski definition) is 7. The Hall–Kier alpha value is -4.46. The zero-order chi connectivity index (χ0) is 28.4. The molecular weight excluding hydrogens is 499 g/mol. The Kier molecular flexibility index (Phi) is 9.98. The van der Waals surface area contributed by atoms with E-state index >= 15 is 0 Å². The van der Waals surface area contributed by atoms with Gasteiger partial charge in [-0.15, -0.1) is 0 Å². The molecule has 0 radical (unpaired) electrons. The van der Waals surface area contributed by atoms with Crippen molar-refractivity contribution in [3.8, 4) is 0 Å². The lowest BCUT2D eigenvalue weighted by molar-refractivity contribution is -0.312. The van der Waals surface area contributed by atoms with Gasteiger partial charge >= 0.3 is 0 Å². The van der Waals surface area contributed by atoms with Crippen LogP contribution in [0, 0.1) is 5.82 Å². The van der Waals surface area contributed by atoms with Crippen LogP contribution >= 0.6 is 0 Å². The molecule has 0 aromatic heterocycles. The van der Waals surface area contributed by atoms with Gasteiger partial charge in [0.2, 0.25) is 0 Å². The van der Waals surface area contributed by atoms with Gasteiger partial charge in [-0.3, -0.25) is 4.79 Å². The van der Waals surface area contributed by atoms with E-state index in [0.717, 1.165) is 6.42 Å². The van der Waals surface area contributed by atoms with E-state index in [0.29, 0.717) is 53.6 Å². The van der Waals surface area contributed by atoms with Crippen LogP contribution in [0.1, 0.15) is 72.0 Å². The van der Waals surface area contributed by atoms with Crippen LogP contribution < -0.4 is 21.7 Å². The number of rotatable bonds is 14. The van der Waals surface area contributed by atoms with Gasteiger partial charge in [-0.05, 0) is 78.4 Å². The Morgan fingerprint density at radius 2 is 1.46 bits per heavy atom. The van der Waals surface area contributed by atoms with E-state index in [2.05, 4.69) is 0 Å². The number of anilines is 2. The Morgan fingerprint density at radius 3 is 2.08 bits per heavy atom. The molecule has 0 saturated heterocycles. The van der Waals surface area contributed by atoms with Gasteiger partial charge in [0.1, 0.15) is 5.82 Å². The van der Waals surface area contributed by atoms with Gasteiger partial charge in [0, 0.05) is 22.9 Å². The van der Waals surface area contributed by atoms with Crippen LogP contribution in [0.25, 0.3) is 6.08 Å². The van der Waals surface area contributed by atoms with Crippen molar-refractivity contribution in [1.29, 1.82) is 0 Å². The summed E-state index contributed by atoms with van der Waals surface area (Å²) in [4.78, 5) is 35.8. The Bertz CT molecular complexity index is 1340. The molecule has 0 saturated carbocycles. The molecule has 39 heavy (non-hydrogen) atoms. The predicted molar refractivity (Wildman–Crippen MR) is 145 cm³/mol. The summed E-state index contributed by atoms with van der Waals surface area (Å²) in [7, 11) is 0.